The van der Waals surface area contributed by atoms with E-state index in [1.807, 2.05) is 29.6 Å². The molecule has 0 atom stereocenters. The fourth-order valence-corrected chi connectivity index (χ4v) is 1.91. The van der Waals surface area contributed by atoms with E-state index < -0.39 is 0 Å². The Hall–Kier alpha value is -0.955. The van der Waals surface area contributed by atoms with E-state index in [4.69, 9.17) is 12.7 Å². The first-order valence-corrected chi connectivity index (χ1v) is 4.13. The molecule has 3 heteroatoms. The molecule has 2 rings (SSSR count). The summed E-state index contributed by atoms with van der Waals surface area (Å²) in [5, 5.41) is 3.20. The van der Waals surface area contributed by atoms with Crippen molar-refractivity contribution in [3.63, 3.8) is 0 Å². The Bertz CT molecular complexity index is 369. The predicted molar refractivity (Wildman–Crippen MR) is 48.2 cm³/mol. The van der Waals surface area contributed by atoms with Crippen molar-refractivity contribution < 1.29 is 4.65 Å². The lowest BCUT2D eigenvalue weighted by Gasteiger charge is -1.99. The highest BCUT2D eigenvalue weighted by molar-refractivity contribution is 7.17. The van der Waals surface area contributed by atoms with Crippen LogP contribution in [-0.4, -0.2) is 8.05 Å². The highest BCUT2D eigenvalue weighted by Gasteiger charge is 1.99. The molecule has 0 N–H and O–H groups in total. The van der Waals surface area contributed by atoms with E-state index in [0.717, 1.165) is 10.4 Å². The molecule has 0 aliphatic rings. The molecule has 0 bridgehead atoms. The van der Waals surface area contributed by atoms with Gasteiger partial charge in [-0.3, -0.25) is 0 Å². The zero-order valence-corrected chi connectivity index (χ0v) is 6.60. The van der Waals surface area contributed by atoms with Crippen LogP contribution in [0.15, 0.2) is 29.6 Å². The van der Waals surface area contributed by atoms with Gasteiger partial charge in [-0.1, -0.05) is 12.1 Å². The summed E-state index contributed by atoms with van der Waals surface area (Å²) in [4.78, 5) is 0. The molecule has 0 unspecified atom stereocenters. The summed E-state index contributed by atoms with van der Waals surface area (Å²) < 4.78 is 5.80. The molecule has 0 aliphatic carbocycles. The normalized spacial score (nSPS) is 10.2. The largest absolute Gasteiger partial charge is 0.567 e. The van der Waals surface area contributed by atoms with Crippen LogP contribution in [0.5, 0.6) is 5.75 Å². The molecular formula is C8H5BOS. The number of benzene rings is 1. The lowest BCUT2D eigenvalue weighted by Crippen LogP contribution is -1.83. The van der Waals surface area contributed by atoms with Crippen molar-refractivity contribution in [2.75, 3.05) is 0 Å². The zero-order chi connectivity index (χ0) is 7.68. The minimum absolute atomic E-state index is 0.748. The average Bonchev–Trinajstić information content (AvgIpc) is 2.50. The van der Waals surface area contributed by atoms with E-state index in [0.29, 0.717) is 0 Å². The Kier molecular flexibility index (Phi) is 1.58. The van der Waals surface area contributed by atoms with Crippen molar-refractivity contribution in [1.82, 2.24) is 0 Å². The first-order valence-electron chi connectivity index (χ1n) is 3.25. The van der Waals surface area contributed by atoms with Gasteiger partial charge < -0.3 is 4.65 Å². The standard InChI is InChI=1S/C8H5BOS/c9-10-7-3-1-2-6-4-5-11-8(6)7/h1-5H. The van der Waals surface area contributed by atoms with Crippen molar-refractivity contribution in [2.24, 2.45) is 0 Å². The Morgan fingerprint density at radius 2 is 2.18 bits per heavy atom. The Morgan fingerprint density at radius 1 is 1.27 bits per heavy atom. The third kappa shape index (κ3) is 1.01. The molecule has 1 aromatic heterocycles. The predicted octanol–water partition coefficient (Wildman–Crippen LogP) is 2.36. The van der Waals surface area contributed by atoms with Crippen LogP contribution in [0.2, 0.25) is 0 Å². The van der Waals surface area contributed by atoms with Crippen LogP contribution in [-0.2, 0) is 0 Å². The number of hydrogen-bond acceptors (Lipinski definition) is 2. The average molecular weight is 160 g/mol. The maximum Gasteiger partial charge on any atom is 0.374 e. The quantitative estimate of drug-likeness (QED) is 0.581. The zero-order valence-electron chi connectivity index (χ0n) is 5.78. The maximum atomic E-state index is 5.08. The Morgan fingerprint density at radius 3 is 3.00 bits per heavy atom. The summed E-state index contributed by atoms with van der Waals surface area (Å²) in [6.45, 7) is 0. The van der Waals surface area contributed by atoms with Gasteiger partial charge in [-0.05, 0) is 22.9 Å². The lowest BCUT2D eigenvalue weighted by molar-refractivity contribution is 0.625. The van der Waals surface area contributed by atoms with E-state index in [9.17, 15) is 0 Å². The minimum Gasteiger partial charge on any atom is -0.567 e. The summed E-state index contributed by atoms with van der Waals surface area (Å²) in [5.41, 5.74) is 0. The summed E-state index contributed by atoms with van der Waals surface area (Å²) in [5.74, 6) is 0.748. The van der Waals surface area contributed by atoms with Gasteiger partial charge in [0.1, 0.15) is 5.75 Å². The molecule has 1 heterocycles. The second kappa shape index (κ2) is 2.59. The lowest BCUT2D eigenvalue weighted by atomic mass is 10.2. The monoisotopic (exact) mass is 160 g/mol. The van der Waals surface area contributed by atoms with E-state index in [-0.39, 0.29) is 0 Å². The van der Waals surface area contributed by atoms with Crippen molar-refractivity contribution >= 4 is 29.5 Å². The summed E-state index contributed by atoms with van der Waals surface area (Å²) in [6, 6.07) is 7.87. The molecule has 11 heavy (non-hydrogen) atoms. The maximum absolute atomic E-state index is 5.08. The molecule has 0 saturated carbocycles. The van der Waals surface area contributed by atoms with Crippen LogP contribution in [0.25, 0.3) is 10.1 Å². The first-order chi connectivity index (χ1) is 5.42. The number of fused-ring (bicyclic) bond motifs is 1. The first kappa shape index (κ1) is 6.74. The topological polar surface area (TPSA) is 9.23 Å². The Labute approximate surface area is 70.1 Å². The molecule has 0 aliphatic heterocycles. The number of rotatable bonds is 1. The summed E-state index contributed by atoms with van der Waals surface area (Å²) >= 11 is 1.63. The van der Waals surface area contributed by atoms with Gasteiger partial charge in [0.2, 0.25) is 0 Å². The molecule has 52 valence electrons. The molecule has 0 saturated heterocycles. The smallest absolute Gasteiger partial charge is 0.374 e. The van der Waals surface area contributed by atoms with Crippen LogP contribution >= 0.6 is 11.3 Å². The van der Waals surface area contributed by atoms with E-state index in [2.05, 4.69) is 0 Å². The molecular weight excluding hydrogens is 155 g/mol. The molecule has 2 radical (unpaired) electrons. The second-order valence-corrected chi connectivity index (χ2v) is 3.13. The third-order valence-corrected chi connectivity index (χ3v) is 2.51. The third-order valence-electron chi connectivity index (χ3n) is 1.57. The van der Waals surface area contributed by atoms with Crippen molar-refractivity contribution in [2.45, 2.75) is 0 Å². The van der Waals surface area contributed by atoms with Gasteiger partial charge >= 0.3 is 8.05 Å². The van der Waals surface area contributed by atoms with Crippen LogP contribution < -0.4 is 4.65 Å². The molecule has 0 spiro atoms. The van der Waals surface area contributed by atoms with E-state index in [1.54, 1.807) is 11.3 Å². The van der Waals surface area contributed by atoms with Gasteiger partial charge in [-0.2, -0.15) is 0 Å². The summed E-state index contributed by atoms with van der Waals surface area (Å²) in [6.07, 6.45) is 0. The fourth-order valence-electron chi connectivity index (χ4n) is 1.06. The number of hydrogen-bond donors (Lipinski definition) is 0. The van der Waals surface area contributed by atoms with Gasteiger partial charge in [-0.25, -0.2) is 0 Å². The second-order valence-electron chi connectivity index (χ2n) is 2.21. The number of thiophene rings is 1. The van der Waals surface area contributed by atoms with Crippen molar-refractivity contribution in [1.29, 1.82) is 0 Å². The van der Waals surface area contributed by atoms with Gasteiger partial charge in [0.15, 0.2) is 0 Å². The van der Waals surface area contributed by atoms with Gasteiger partial charge in [0.25, 0.3) is 0 Å². The van der Waals surface area contributed by atoms with Gasteiger partial charge in [0, 0.05) is 0 Å². The SMILES string of the molecule is [B]Oc1cccc2ccsc12. The van der Waals surface area contributed by atoms with Crippen molar-refractivity contribution in [3.05, 3.63) is 29.6 Å². The highest BCUT2D eigenvalue weighted by atomic mass is 32.1. The fraction of sp³-hybridized carbons (Fsp3) is 0. The molecule has 1 nitrogen and oxygen atoms in total. The van der Waals surface area contributed by atoms with E-state index in [1.165, 1.54) is 5.39 Å². The van der Waals surface area contributed by atoms with Crippen molar-refractivity contribution in [3.8, 4) is 5.75 Å². The molecule has 2 aromatic rings. The van der Waals surface area contributed by atoms with E-state index >= 15 is 0 Å². The van der Waals surface area contributed by atoms with Crippen LogP contribution in [0, 0.1) is 0 Å². The van der Waals surface area contributed by atoms with Gasteiger partial charge in [0.05, 0.1) is 4.70 Å². The molecule has 1 aromatic carbocycles. The van der Waals surface area contributed by atoms with Crippen LogP contribution in [0.4, 0.5) is 0 Å². The molecule has 0 amide bonds. The highest BCUT2D eigenvalue weighted by Crippen LogP contribution is 2.29. The van der Waals surface area contributed by atoms with Gasteiger partial charge in [-0.15, -0.1) is 11.3 Å². The molecule has 0 fully saturated rings. The van der Waals surface area contributed by atoms with Crippen LogP contribution in [0.3, 0.4) is 0 Å². The van der Waals surface area contributed by atoms with Crippen LogP contribution in [0.1, 0.15) is 0 Å². The summed E-state index contributed by atoms with van der Waals surface area (Å²) in [7, 11) is 5.08. The Balaban J connectivity index is 2.79. The minimum atomic E-state index is 0.748.